The average molecular weight is 388 g/mol. The summed E-state index contributed by atoms with van der Waals surface area (Å²) in [5.74, 6) is -0.873. The average Bonchev–Trinajstić information content (AvgIpc) is 3.29. The maximum Gasteiger partial charge on any atom is 0.315 e. The number of benzene rings is 1. The Morgan fingerprint density at radius 1 is 1.07 bits per heavy atom. The molecule has 1 aliphatic heterocycles. The molecule has 148 valence electrons. The topological polar surface area (TPSA) is 110 Å². The van der Waals surface area contributed by atoms with Crippen LogP contribution in [0.2, 0.25) is 0 Å². The normalized spacial score (nSPS) is 15.1. The number of hydrogen-bond donors (Lipinski definition) is 0. The smallest absolute Gasteiger partial charge is 0.315 e. The van der Waals surface area contributed by atoms with Crippen LogP contribution < -0.4 is 0 Å². The molecule has 1 atom stereocenters. The molecule has 9 nitrogen and oxygen atoms in total. The molecule has 0 fully saturated rings. The van der Waals surface area contributed by atoms with Crippen LogP contribution in [-0.4, -0.2) is 47.8 Å². The van der Waals surface area contributed by atoms with E-state index in [4.69, 9.17) is 9.47 Å². The van der Waals surface area contributed by atoms with Crippen molar-refractivity contribution in [1.82, 2.24) is 4.57 Å². The predicted octanol–water partition coefficient (Wildman–Crippen LogP) is 1.97. The second kappa shape index (κ2) is 9.14. The first-order chi connectivity index (χ1) is 13.6. The van der Waals surface area contributed by atoms with Gasteiger partial charge in [-0.2, -0.15) is 0 Å². The second-order valence-corrected chi connectivity index (χ2v) is 6.17. The zero-order valence-electron chi connectivity index (χ0n) is 15.1. The van der Waals surface area contributed by atoms with Crippen molar-refractivity contribution in [3.05, 3.63) is 69.5 Å². The lowest BCUT2D eigenvalue weighted by atomic mass is 10.1. The number of carbonyl (C=O) groups is 2. The van der Waals surface area contributed by atoms with Crippen LogP contribution in [0.4, 0.5) is 0 Å². The maximum absolute atomic E-state index is 12.7. The molecular weight excluding hydrogens is 368 g/mol. The zero-order chi connectivity index (χ0) is 19.9. The molecule has 28 heavy (non-hydrogen) atoms. The Morgan fingerprint density at radius 3 is 2.57 bits per heavy atom. The lowest BCUT2D eigenvalue weighted by molar-refractivity contribution is -0.758. The van der Waals surface area contributed by atoms with Crippen molar-refractivity contribution in [2.24, 2.45) is 0 Å². The number of nitrogens with zero attached hydrogens (tertiary/aromatic N) is 2. The van der Waals surface area contributed by atoms with Crippen LogP contribution in [0.5, 0.6) is 0 Å². The van der Waals surface area contributed by atoms with Gasteiger partial charge in [-0.1, -0.05) is 30.3 Å². The van der Waals surface area contributed by atoms with Crippen LogP contribution >= 0.6 is 0 Å². The van der Waals surface area contributed by atoms with E-state index >= 15 is 0 Å². The molecule has 0 saturated carbocycles. The summed E-state index contributed by atoms with van der Waals surface area (Å²) in [5, 5.41) is 9.09. The minimum Gasteiger partial charge on any atom is -0.463 e. The third kappa shape index (κ3) is 4.55. The first kappa shape index (κ1) is 19.6. The monoisotopic (exact) mass is 388 g/mol. The fourth-order valence-electron chi connectivity index (χ4n) is 3.19. The van der Waals surface area contributed by atoms with E-state index in [9.17, 15) is 19.7 Å². The van der Waals surface area contributed by atoms with Crippen molar-refractivity contribution in [2.45, 2.75) is 18.9 Å². The standard InChI is InChI=1S/C19H20N2O7/c22-18(14-4-2-1-3-5-14)17-7-6-16-15(8-9-20(16)17)19(23)27-12-10-26-11-13-28-21(24)25/h1-7,15H,8-13H2. The summed E-state index contributed by atoms with van der Waals surface area (Å²) in [6.07, 6.45) is 0.571. The molecule has 0 N–H and O–H groups in total. The van der Waals surface area contributed by atoms with Crippen molar-refractivity contribution < 1.29 is 29.0 Å². The summed E-state index contributed by atoms with van der Waals surface area (Å²) < 4.78 is 12.2. The van der Waals surface area contributed by atoms with Gasteiger partial charge in [-0.15, -0.1) is 10.1 Å². The third-order valence-corrected chi connectivity index (χ3v) is 4.46. The van der Waals surface area contributed by atoms with Crippen LogP contribution in [0.25, 0.3) is 0 Å². The Hall–Kier alpha value is -3.20. The molecule has 0 bridgehead atoms. The highest BCUT2D eigenvalue weighted by Crippen LogP contribution is 2.32. The zero-order valence-corrected chi connectivity index (χ0v) is 15.1. The molecule has 1 aromatic carbocycles. The van der Waals surface area contributed by atoms with Crippen LogP contribution in [0.1, 0.15) is 34.1 Å². The molecule has 0 radical (unpaired) electrons. The lowest BCUT2D eigenvalue weighted by Crippen LogP contribution is -2.18. The van der Waals surface area contributed by atoms with Crippen LogP contribution in [0.15, 0.2) is 42.5 Å². The van der Waals surface area contributed by atoms with Gasteiger partial charge in [0.15, 0.2) is 0 Å². The first-order valence-corrected chi connectivity index (χ1v) is 8.89. The Bertz CT molecular complexity index is 847. The molecule has 3 rings (SSSR count). The van der Waals surface area contributed by atoms with Gasteiger partial charge < -0.3 is 18.9 Å². The van der Waals surface area contributed by atoms with Crippen LogP contribution in [-0.2, 0) is 25.7 Å². The van der Waals surface area contributed by atoms with E-state index in [-0.39, 0.29) is 38.2 Å². The Kier molecular flexibility index (Phi) is 6.38. The molecule has 2 aromatic rings. The maximum atomic E-state index is 12.7. The van der Waals surface area contributed by atoms with Crippen molar-refractivity contribution in [2.75, 3.05) is 26.4 Å². The van der Waals surface area contributed by atoms with Gasteiger partial charge in [0.2, 0.25) is 5.78 Å². The quantitative estimate of drug-likeness (QED) is 0.201. The fourth-order valence-corrected chi connectivity index (χ4v) is 3.19. The van der Waals surface area contributed by atoms with E-state index < -0.39 is 11.0 Å². The summed E-state index contributed by atoms with van der Waals surface area (Å²) >= 11 is 0. The number of hydrogen-bond acceptors (Lipinski definition) is 7. The van der Waals surface area contributed by atoms with Crippen LogP contribution in [0.3, 0.4) is 0 Å². The molecule has 1 aromatic heterocycles. The summed E-state index contributed by atoms with van der Waals surface area (Å²) in [6.45, 7) is 0.610. The molecule has 1 unspecified atom stereocenters. The number of fused-ring (bicyclic) bond motifs is 1. The number of ketones is 1. The number of ether oxygens (including phenoxy) is 2. The van der Waals surface area contributed by atoms with Crippen molar-refractivity contribution in [1.29, 1.82) is 0 Å². The number of carbonyl (C=O) groups excluding carboxylic acids is 2. The van der Waals surface area contributed by atoms with E-state index in [0.29, 0.717) is 24.2 Å². The predicted molar refractivity (Wildman–Crippen MR) is 96.4 cm³/mol. The molecule has 0 amide bonds. The summed E-state index contributed by atoms with van der Waals surface area (Å²) in [7, 11) is 0. The van der Waals surface area contributed by atoms with E-state index in [1.165, 1.54) is 0 Å². The highest BCUT2D eigenvalue weighted by Gasteiger charge is 2.32. The molecule has 2 heterocycles. The van der Waals surface area contributed by atoms with E-state index in [2.05, 4.69) is 4.84 Å². The molecule has 0 saturated heterocycles. The fraction of sp³-hybridized carbons (Fsp3) is 0.368. The van der Waals surface area contributed by atoms with Gasteiger partial charge >= 0.3 is 5.97 Å². The summed E-state index contributed by atoms with van der Waals surface area (Å²) in [5.41, 5.74) is 1.93. The van der Waals surface area contributed by atoms with Crippen LogP contribution in [0, 0.1) is 10.1 Å². The largest absolute Gasteiger partial charge is 0.463 e. The molecular formula is C19H20N2O7. The summed E-state index contributed by atoms with van der Waals surface area (Å²) in [4.78, 5) is 39.1. The van der Waals surface area contributed by atoms with Gasteiger partial charge in [-0.05, 0) is 18.6 Å². The third-order valence-electron chi connectivity index (χ3n) is 4.46. The van der Waals surface area contributed by atoms with Crippen molar-refractivity contribution in [3.8, 4) is 0 Å². The van der Waals surface area contributed by atoms with Gasteiger partial charge in [0.25, 0.3) is 5.09 Å². The van der Waals surface area contributed by atoms with Gasteiger partial charge in [0, 0.05) is 17.8 Å². The van der Waals surface area contributed by atoms with E-state index in [0.717, 1.165) is 5.69 Å². The van der Waals surface area contributed by atoms with E-state index in [1.807, 2.05) is 22.8 Å². The Balaban J connectivity index is 1.51. The second-order valence-electron chi connectivity index (χ2n) is 6.17. The minimum atomic E-state index is -0.893. The summed E-state index contributed by atoms with van der Waals surface area (Å²) in [6, 6.07) is 12.5. The number of rotatable bonds is 10. The molecule has 9 heteroatoms. The SMILES string of the molecule is O=C(c1ccccc1)c1ccc2n1CCC2C(=O)OCCOCCO[N+](=O)[O-]. The Labute approximate surface area is 160 Å². The lowest BCUT2D eigenvalue weighted by Gasteiger charge is -2.10. The number of aromatic nitrogens is 1. The highest BCUT2D eigenvalue weighted by molar-refractivity contribution is 6.08. The van der Waals surface area contributed by atoms with Gasteiger partial charge in [-0.25, -0.2) is 0 Å². The van der Waals surface area contributed by atoms with Crippen molar-refractivity contribution >= 4 is 11.8 Å². The number of esters is 1. The molecule has 0 spiro atoms. The molecule has 0 aliphatic carbocycles. The van der Waals surface area contributed by atoms with Gasteiger partial charge in [0.05, 0.1) is 24.8 Å². The highest BCUT2D eigenvalue weighted by atomic mass is 17.0. The minimum absolute atomic E-state index is 0.0375. The van der Waals surface area contributed by atoms with Crippen molar-refractivity contribution in [3.63, 3.8) is 0 Å². The van der Waals surface area contributed by atoms with Gasteiger partial charge in [0.1, 0.15) is 13.2 Å². The first-order valence-electron chi connectivity index (χ1n) is 8.89. The Morgan fingerprint density at radius 2 is 1.82 bits per heavy atom. The molecule has 1 aliphatic rings. The van der Waals surface area contributed by atoms with E-state index in [1.54, 1.807) is 24.3 Å². The van der Waals surface area contributed by atoms with Gasteiger partial charge in [-0.3, -0.25) is 9.59 Å².